The van der Waals surface area contributed by atoms with Crippen molar-refractivity contribution in [3.8, 4) is 11.1 Å². The Balaban J connectivity index is 1.90. The van der Waals surface area contributed by atoms with Crippen LogP contribution in [-0.4, -0.2) is 26.6 Å². The Morgan fingerprint density at radius 2 is 1.95 bits per heavy atom. The number of furan rings is 1. The molecule has 3 heterocycles. The smallest absolute Gasteiger partial charge is 0.278 e. The first-order chi connectivity index (χ1) is 18.2. The summed E-state index contributed by atoms with van der Waals surface area (Å²) in [5, 5.41) is 0.502. The van der Waals surface area contributed by atoms with Gasteiger partial charge in [-0.15, -0.1) is 0 Å². The van der Waals surface area contributed by atoms with E-state index in [2.05, 4.69) is 9.71 Å². The first-order valence-electron chi connectivity index (χ1n) is 11.6. The SMILES string of the molecule is CC(C)SNC(=O)c1c(-c2ccc[nH]c2=O)c2c3occc3c(F)cc2n1Cc1cc(C(N)=O)ccc1F. The molecule has 0 radical (unpaired) electrons. The highest BCUT2D eigenvalue weighted by Crippen LogP contribution is 2.40. The number of fused-ring (bicyclic) bond motifs is 3. The number of nitrogens with two attached hydrogens (primary N) is 1. The molecule has 0 atom stereocenters. The molecule has 0 spiro atoms. The summed E-state index contributed by atoms with van der Waals surface area (Å²) in [5.74, 6) is -2.61. The molecule has 5 aromatic rings. The number of hydrogen-bond donors (Lipinski definition) is 3. The van der Waals surface area contributed by atoms with E-state index in [1.165, 1.54) is 47.4 Å². The predicted octanol–water partition coefficient (Wildman–Crippen LogP) is 4.95. The van der Waals surface area contributed by atoms with Crippen molar-refractivity contribution in [1.29, 1.82) is 0 Å². The van der Waals surface area contributed by atoms with Crippen LogP contribution in [0.4, 0.5) is 8.78 Å². The fraction of sp³-hybridized carbons (Fsp3) is 0.148. The van der Waals surface area contributed by atoms with Gasteiger partial charge in [-0.3, -0.25) is 19.1 Å². The third-order valence-electron chi connectivity index (χ3n) is 6.07. The number of aromatic amines is 1. The topological polar surface area (TPSA) is 123 Å². The highest BCUT2D eigenvalue weighted by Gasteiger charge is 2.29. The monoisotopic (exact) mass is 536 g/mol. The van der Waals surface area contributed by atoms with Gasteiger partial charge in [0.05, 0.1) is 34.7 Å². The fourth-order valence-electron chi connectivity index (χ4n) is 4.43. The van der Waals surface area contributed by atoms with E-state index < -0.39 is 29.0 Å². The quantitative estimate of drug-likeness (QED) is 0.254. The molecule has 2 amide bonds. The Bertz CT molecular complexity index is 1790. The lowest BCUT2D eigenvalue weighted by Gasteiger charge is -2.14. The highest BCUT2D eigenvalue weighted by atomic mass is 32.2. The molecule has 0 saturated carbocycles. The molecule has 4 N–H and O–H groups in total. The average Bonchev–Trinajstić information content (AvgIpc) is 3.48. The van der Waals surface area contributed by atoms with Crippen LogP contribution in [0.15, 0.2) is 64.1 Å². The van der Waals surface area contributed by atoms with E-state index in [9.17, 15) is 18.8 Å². The summed E-state index contributed by atoms with van der Waals surface area (Å²) in [6.07, 6.45) is 2.76. The van der Waals surface area contributed by atoms with Gasteiger partial charge in [0, 0.05) is 28.1 Å². The van der Waals surface area contributed by atoms with Gasteiger partial charge in [-0.05, 0) is 54.4 Å². The molecule has 5 rings (SSSR count). The first-order valence-corrected chi connectivity index (χ1v) is 12.5. The lowest BCUT2D eigenvalue weighted by atomic mass is 10.0. The van der Waals surface area contributed by atoms with Crippen LogP contribution < -0.4 is 16.0 Å². The Labute approximate surface area is 218 Å². The number of amides is 2. The molecule has 8 nitrogen and oxygen atoms in total. The van der Waals surface area contributed by atoms with Gasteiger partial charge in [0.2, 0.25) is 5.91 Å². The van der Waals surface area contributed by atoms with Crippen molar-refractivity contribution in [3.63, 3.8) is 0 Å². The molecule has 194 valence electrons. The van der Waals surface area contributed by atoms with Crippen LogP contribution in [0.3, 0.4) is 0 Å². The second-order valence-electron chi connectivity index (χ2n) is 8.91. The summed E-state index contributed by atoms with van der Waals surface area (Å²) in [7, 11) is 0. The molecule has 2 aromatic carbocycles. The van der Waals surface area contributed by atoms with Gasteiger partial charge >= 0.3 is 0 Å². The summed E-state index contributed by atoms with van der Waals surface area (Å²) in [6, 6.07) is 9.44. The number of carbonyl (C=O) groups is 2. The van der Waals surface area contributed by atoms with Gasteiger partial charge in [0.1, 0.15) is 22.9 Å². The van der Waals surface area contributed by atoms with Crippen molar-refractivity contribution < 1.29 is 22.8 Å². The maximum absolute atomic E-state index is 15.2. The maximum atomic E-state index is 15.2. The average molecular weight is 537 g/mol. The van der Waals surface area contributed by atoms with Crippen LogP contribution >= 0.6 is 11.9 Å². The first kappa shape index (κ1) is 25.3. The fourth-order valence-corrected chi connectivity index (χ4v) is 4.87. The van der Waals surface area contributed by atoms with Crippen molar-refractivity contribution in [1.82, 2.24) is 14.3 Å². The lowest BCUT2D eigenvalue weighted by Crippen LogP contribution is -2.24. The van der Waals surface area contributed by atoms with Crippen molar-refractivity contribution >= 4 is 45.6 Å². The molecule has 3 aromatic heterocycles. The Morgan fingerprint density at radius 1 is 1.16 bits per heavy atom. The Kier molecular flexibility index (Phi) is 6.53. The summed E-state index contributed by atoms with van der Waals surface area (Å²) < 4.78 is 40.0. The van der Waals surface area contributed by atoms with Gasteiger partial charge in [0.15, 0.2) is 0 Å². The number of nitrogens with one attached hydrogen (secondary N) is 2. The number of benzene rings is 2. The molecule has 0 unspecified atom stereocenters. The minimum absolute atomic E-state index is 0.00275. The lowest BCUT2D eigenvalue weighted by molar-refractivity contribution is 0.0973. The molecule has 0 fully saturated rings. The van der Waals surface area contributed by atoms with E-state index in [1.54, 1.807) is 6.07 Å². The van der Waals surface area contributed by atoms with Gasteiger partial charge in [-0.25, -0.2) is 8.78 Å². The van der Waals surface area contributed by atoms with Gasteiger partial charge in [0.25, 0.3) is 11.5 Å². The number of aromatic nitrogens is 2. The van der Waals surface area contributed by atoms with Crippen molar-refractivity contribution in [3.05, 3.63) is 93.7 Å². The van der Waals surface area contributed by atoms with Crippen LogP contribution in [0, 0.1) is 11.6 Å². The normalized spacial score (nSPS) is 11.5. The second-order valence-corrected chi connectivity index (χ2v) is 10.3. The minimum atomic E-state index is -0.755. The summed E-state index contributed by atoms with van der Waals surface area (Å²) in [5.41, 5.74) is 5.70. The van der Waals surface area contributed by atoms with Gasteiger partial charge in [-0.2, -0.15) is 0 Å². The summed E-state index contributed by atoms with van der Waals surface area (Å²) >= 11 is 1.15. The minimum Gasteiger partial charge on any atom is -0.463 e. The van der Waals surface area contributed by atoms with Crippen LogP contribution in [-0.2, 0) is 6.54 Å². The number of carbonyl (C=O) groups excluding carboxylic acids is 2. The number of nitrogens with zero attached hydrogens (tertiary/aromatic N) is 1. The number of primary amides is 1. The largest absolute Gasteiger partial charge is 0.463 e. The molecular formula is C27H22F2N4O4S. The molecule has 0 aliphatic carbocycles. The van der Waals surface area contributed by atoms with Crippen LogP contribution in [0.2, 0.25) is 0 Å². The van der Waals surface area contributed by atoms with E-state index in [4.69, 9.17) is 10.2 Å². The number of halogens is 2. The van der Waals surface area contributed by atoms with Gasteiger partial charge < -0.3 is 19.7 Å². The Morgan fingerprint density at radius 3 is 2.66 bits per heavy atom. The molecular weight excluding hydrogens is 514 g/mol. The number of hydrogen-bond acceptors (Lipinski definition) is 5. The maximum Gasteiger partial charge on any atom is 0.278 e. The third kappa shape index (κ3) is 4.34. The zero-order valence-corrected chi connectivity index (χ0v) is 21.1. The van der Waals surface area contributed by atoms with Crippen molar-refractivity contribution in [2.75, 3.05) is 0 Å². The molecule has 0 aliphatic heterocycles. The number of pyridine rings is 1. The third-order valence-corrected chi connectivity index (χ3v) is 6.84. The van der Waals surface area contributed by atoms with Crippen LogP contribution in [0.25, 0.3) is 33.0 Å². The van der Waals surface area contributed by atoms with Crippen molar-refractivity contribution in [2.24, 2.45) is 5.73 Å². The molecule has 0 aliphatic rings. The van der Waals surface area contributed by atoms with Crippen LogP contribution in [0.5, 0.6) is 0 Å². The molecule has 11 heteroatoms. The van der Waals surface area contributed by atoms with Crippen molar-refractivity contribution in [2.45, 2.75) is 25.6 Å². The summed E-state index contributed by atoms with van der Waals surface area (Å²) in [6.45, 7) is 3.50. The van der Waals surface area contributed by atoms with Gasteiger partial charge in [-0.1, -0.05) is 13.8 Å². The van der Waals surface area contributed by atoms with E-state index in [0.717, 1.165) is 18.0 Å². The summed E-state index contributed by atoms with van der Waals surface area (Å²) in [4.78, 5) is 41.0. The van der Waals surface area contributed by atoms with E-state index >= 15 is 4.39 Å². The zero-order chi connectivity index (χ0) is 27.1. The zero-order valence-electron chi connectivity index (χ0n) is 20.3. The Hall–Kier alpha value is -4.38. The van der Waals surface area contributed by atoms with E-state index in [0.29, 0.717) is 5.39 Å². The van der Waals surface area contributed by atoms with E-state index in [1.807, 2.05) is 13.8 Å². The van der Waals surface area contributed by atoms with E-state index in [-0.39, 0.29) is 56.2 Å². The molecule has 38 heavy (non-hydrogen) atoms. The number of rotatable bonds is 7. The number of H-pyrrole nitrogens is 1. The second kappa shape index (κ2) is 9.82. The molecule has 0 saturated heterocycles. The standard InChI is InChI=1S/C27H22F2N4O4S/c1-13(2)38-32-27(36)23-21(17-4-3-8-31-26(17)35)22-20(11-19(29)16-7-9-37-24(16)22)33(23)12-15-10-14(25(30)34)5-6-18(15)28/h3-11,13H,12H2,1-2H3,(H2,30,34)(H,31,35)(H,32,36). The molecule has 0 bridgehead atoms. The van der Waals surface area contributed by atoms with Crippen LogP contribution in [0.1, 0.15) is 40.3 Å². The predicted molar refractivity (Wildman–Crippen MR) is 142 cm³/mol. The highest BCUT2D eigenvalue weighted by molar-refractivity contribution is 7.98.